The van der Waals surface area contributed by atoms with Gasteiger partial charge >= 0.3 is 0 Å². The molecule has 4 heteroatoms. The minimum Gasteiger partial charge on any atom is -0.491 e. The van der Waals surface area contributed by atoms with Crippen molar-refractivity contribution in [1.29, 1.82) is 0 Å². The monoisotopic (exact) mass is 209 g/mol. The van der Waals surface area contributed by atoms with Crippen LogP contribution in [-0.2, 0) is 9.53 Å². The third-order valence-corrected chi connectivity index (χ3v) is 1.84. The maximum Gasteiger partial charge on any atom is 0.286 e. The van der Waals surface area contributed by atoms with Gasteiger partial charge in [0, 0.05) is 7.05 Å². The Morgan fingerprint density at radius 1 is 1.40 bits per heavy atom. The predicted molar refractivity (Wildman–Crippen MR) is 55.5 cm³/mol. The van der Waals surface area contributed by atoms with Gasteiger partial charge in [0.05, 0.1) is 7.11 Å². The van der Waals surface area contributed by atoms with E-state index in [2.05, 4.69) is 5.32 Å². The fourth-order valence-electron chi connectivity index (χ4n) is 1.05. The van der Waals surface area contributed by atoms with Crippen molar-refractivity contribution >= 4 is 12.0 Å². The molecule has 1 aromatic rings. The molecule has 1 amide bonds. The quantitative estimate of drug-likeness (QED) is 0.606. The van der Waals surface area contributed by atoms with E-state index in [1.165, 1.54) is 32.4 Å². The highest BCUT2D eigenvalue weighted by Gasteiger charge is 2.06. The van der Waals surface area contributed by atoms with Crippen molar-refractivity contribution < 1.29 is 13.9 Å². The van der Waals surface area contributed by atoms with Crippen molar-refractivity contribution in [3.63, 3.8) is 0 Å². The van der Waals surface area contributed by atoms with Crippen molar-refractivity contribution in [3.8, 4) is 0 Å². The van der Waals surface area contributed by atoms with Gasteiger partial charge in [0.15, 0.2) is 5.76 Å². The van der Waals surface area contributed by atoms with Gasteiger partial charge < -0.3 is 10.1 Å². The molecule has 1 rings (SSSR count). The molecule has 0 aliphatic heterocycles. The number of halogens is 1. The summed E-state index contributed by atoms with van der Waals surface area (Å²) in [5.74, 6) is -0.447. The van der Waals surface area contributed by atoms with Gasteiger partial charge in [-0.3, -0.25) is 4.79 Å². The third-order valence-electron chi connectivity index (χ3n) is 1.84. The van der Waals surface area contributed by atoms with Gasteiger partial charge in [-0.2, -0.15) is 0 Å². The van der Waals surface area contributed by atoms with E-state index < -0.39 is 0 Å². The first-order valence-electron chi connectivity index (χ1n) is 4.40. The minimum atomic E-state index is -0.318. The molecule has 0 radical (unpaired) electrons. The average molecular weight is 209 g/mol. The molecule has 1 N–H and O–H groups in total. The number of rotatable bonds is 3. The Labute approximate surface area is 87.6 Å². The number of likely N-dealkylation sites (N-methyl/N-ethyl adjacent to an activating group) is 1. The summed E-state index contributed by atoms with van der Waals surface area (Å²) in [5.41, 5.74) is 0.705. The average Bonchev–Trinajstić information content (AvgIpc) is 2.27. The third kappa shape index (κ3) is 3.09. The number of nitrogens with one attached hydrogen (secondary N) is 1. The van der Waals surface area contributed by atoms with Gasteiger partial charge in [0.1, 0.15) is 5.82 Å². The Bertz CT molecular complexity index is 371. The molecule has 80 valence electrons. The fraction of sp³-hybridized carbons (Fsp3) is 0.182. The maximum atomic E-state index is 12.6. The van der Waals surface area contributed by atoms with Gasteiger partial charge in [-0.1, -0.05) is 12.1 Å². The molecule has 0 aromatic heterocycles. The molecule has 0 heterocycles. The molecule has 15 heavy (non-hydrogen) atoms. The van der Waals surface area contributed by atoms with E-state index in [1.54, 1.807) is 12.1 Å². The van der Waals surface area contributed by atoms with Gasteiger partial charge in [0.2, 0.25) is 0 Å². The summed E-state index contributed by atoms with van der Waals surface area (Å²) in [6.45, 7) is 0. The van der Waals surface area contributed by atoms with Gasteiger partial charge in [-0.15, -0.1) is 0 Å². The smallest absolute Gasteiger partial charge is 0.286 e. The van der Waals surface area contributed by atoms with Crippen LogP contribution in [0, 0.1) is 5.82 Å². The topological polar surface area (TPSA) is 38.3 Å². The molecule has 0 saturated carbocycles. The first kappa shape index (κ1) is 11.2. The van der Waals surface area contributed by atoms with Crippen molar-refractivity contribution in [2.45, 2.75) is 0 Å². The number of hydrogen-bond donors (Lipinski definition) is 1. The van der Waals surface area contributed by atoms with Gasteiger partial charge in [0.25, 0.3) is 5.91 Å². The molecule has 0 spiro atoms. The molecule has 0 bridgehead atoms. The Morgan fingerprint density at radius 2 is 2.00 bits per heavy atom. The van der Waals surface area contributed by atoms with Crippen LogP contribution >= 0.6 is 0 Å². The Hall–Kier alpha value is -1.84. The summed E-state index contributed by atoms with van der Waals surface area (Å²) in [5, 5.41) is 2.44. The van der Waals surface area contributed by atoms with Gasteiger partial charge in [-0.05, 0) is 23.8 Å². The number of benzene rings is 1. The van der Waals surface area contributed by atoms with E-state index in [4.69, 9.17) is 4.74 Å². The van der Waals surface area contributed by atoms with E-state index >= 15 is 0 Å². The Morgan fingerprint density at radius 3 is 2.47 bits per heavy atom. The van der Waals surface area contributed by atoms with Crippen LogP contribution in [0.2, 0.25) is 0 Å². The Kier molecular flexibility index (Phi) is 3.85. The summed E-state index contributed by atoms with van der Waals surface area (Å²) < 4.78 is 17.5. The predicted octanol–water partition coefficient (Wildman–Crippen LogP) is 1.56. The summed E-state index contributed by atoms with van der Waals surface area (Å²) in [6, 6.07) is 5.78. The SMILES string of the molecule is CNC(=O)/C(=C/c1ccc(F)cc1)OC. The van der Waals surface area contributed by atoms with Crippen molar-refractivity contribution in [3.05, 3.63) is 41.4 Å². The standard InChI is InChI=1S/C11H12FNO2/c1-13-11(14)10(15-2)7-8-3-5-9(12)6-4-8/h3-7H,1-2H3,(H,13,14)/b10-7-. The van der Waals surface area contributed by atoms with Crippen LogP contribution in [0.5, 0.6) is 0 Å². The lowest BCUT2D eigenvalue weighted by Gasteiger charge is -2.03. The highest BCUT2D eigenvalue weighted by molar-refractivity contribution is 5.95. The second-order valence-corrected chi connectivity index (χ2v) is 2.84. The summed E-state index contributed by atoms with van der Waals surface area (Å²) >= 11 is 0. The zero-order valence-corrected chi connectivity index (χ0v) is 8.58. The molecular weight excluding hydrogens is 197 g/mol. The van der Waals surface area contributed by atoms with Crippen LogP contribution in [0.25, 0.3) is 6.08 Å². The van der Waals surface area contributed by atoms with E-state index in [0.717, 1.165) is 0 Å². The van der Waals surface area contributed by atoms with E-state index in [1.807, 2.05) is 0 Å². The Balaban J connectivity index is 2.93. The second kappa shape index (κ2) is 5.14. The van der Waals surface area contributed by atoms with E-state index in [9.17, 15) is 9.18 Å². The first-order valence-corrected chi connectivity index (χ1v) is 4.40. The molecular formula is C11H12FNO2. The summed E-state index contributed by atoms with van der Waals surface area (Å²) in [6.07, 6.45) is 1.54. The maximum absolute atomic E-state index is 12.6. The lowest BCUT2D eigenvalue weighted by molar-refractivity contribution is -0.119. The van der Waals surface area contributed by atoms with Crippen molar-refractivity contribution in [2.24, 2.45) is 0 Å². The summed E-state index contributed by atoms with van der Waals surface area (Å²) in [4.78, 5) is 11.2. The van der Waals surface area contributed by atoms with E-state index in [0.29, 0.717) is 5.56 Å². The van der Waals surface area contributed by atoms with E-state index in [-0.39, 0.29) is 17.5 Å². The van der Waals surface area contributed by atoms with Crippen LogP contribution in [0.4, 0.5) is 4.39 Å². The number of ether oxygens (including phenoxy) is 1. The molecule has 1 aromatic carbocycles. The van der Waals surface area contributed by atoms with Crippen molar-refractivity contribution in [2.75, 3.05) is 14.2 Å². The fourth-order valence-corrected chi connectivity index (χ4v) is 1.05. The highest BCUT2D eigenvalue weighted by Crippen LogP contribution is 2.08. The van der Waals surface area contributed by atoms with Crippen LogP contribution in [0.1, 0.15) is 5.56 Å². The largest absolute Gasteiger partial charge is 0.491 e. The van der Waals surface area contributed by atoms with Crippen molar-refractivity contribution in [1.82, 2.24) is 5.32 Å². The normalized spacial score (nSPS) is 11.0. The minimum absolute atomic E-state index is 0.184. The van der Waals surface area contributed by atoms with Crippen LogP contribution in [-0.4, -0.2) is 20.1 Å². The number of carbonyl (C=O) groups is 1. The molecule has 0 fully saturated rings. The molecule has 3 nitrogen and oxygen atoms in total. The summed E-state index contributed by atoms with van der Waals surface area (Å²) in [7, 11) is 2.92. The lowest BCUT2D eigenvalue weighted by atomic mass is 10.2. The zero-order chi connectivity index (χ0) is 11.3. The number of methoxy groups -OCH3 is 1. The second-order valence-electron chi connectivity index (χ2n) is 2.84. The molecule has 0 atom stereocenters. The number of hydrogen-bond acceptors (Lipinski definition) is 2. The van der Waals surface area contributed by atoms with Crippen LogP contribution in [0.3, 0.4) is 0 Å². The van der Waals surface area contributed by atoms with Crippen LogP contribution < -0.4 is 5.32 Å². The molecule has 0 aliphatic rings. The highest BCUT2D eigenvalue weighted by atomic mass is 19.1. The molecule has 0 aliphatic carbocycles. The van der Waals surface area contributed by atoms with Crippen LogP contribution in [0.15, 0.2) is 30.0 Å². The zero-order valence-electron chi connectivity index (χ0n) is 8.58. The van der Waals surface area contributed by atoms with Gasteiger partial charge in [-0.25, -0.2) is 4.39 Å². The number of amides is 1. The number of carbonyl (C=O) groups excluding carboxylic acids is 1. The molecule has 0 unspecified atom stereocenters. The first-order chi connectivity index (χ1) is 7.17. The lowest BCUT2D eigenvalue weighted by Crippen LogP contribution is -2.20. The molecule has 0 saturated heterocycles.